The van der Waals surface area contributed by atoms with E-state index in [1.165, 1.54) is 38.9 Å². The highest BCUT2D eigenvalue weighted by Gasteiger charge is 2.13. The summed E-state index contributed by atoms with van der Waals surface area (Å²) in [5.74, 6) is 1.62. The summed E-state index contributed by atoms with van der Waals surface area (Å²) in [6, 6.07) is 4.03. The van der Waals surface area contributed by atoms with E-state index < -0.39 is 0 Å². The maximum Gasteiger partial charge on any atom is 0.125 e. The summed E-state index contributed by atoms with van der Waals surface area (Å²) in [6.07, 6.45) is 5.98. The van der Waals surface area contributed by atoms with Crippen molar-refractivity contribution in [3.63, 3.8) is 0 Å². The fourth-order valence-corrected chi connectivity index (χ4v) is 2.64. The number of halogens is 1. The van der Waals surface area contributed by atoms with Crippen molar-refractivity contribution in [1.29, 1.82) is 0 Å². The Hall–Kier alpha value is -0.610. The second kappa shape index (κ2) is 7.10. The molecule has 1 N–H and O–H groups in total. The molecule has 0 aromatic carbocycles. The van der Waals surface area contributed by atoms with Gasteiger partial charge in [-0.15, -0.1) is 0 Å². The molecule has 4 heteroatoms. The van der Waals surface area contributed by atoms with Crippen LogP contribution < -0.4 is 5.32 Å². The van der Waals surface area contributed by atoms with Crippen molar-refractivity contribution < 1.29 is 0 Å². The number of anilines is 1. The van der Waals surface area contributed by atoms with Crippen LogP contribution in [0.1, 0.15) is 26.2 Å². The number of likely N-dealkylation sites (tertiary alicyclic amines) is 1. The van der Waals surface area contributed by atoms with Gasteiger partial charge in [0.15, 0.2) is 0 Å². The van der Waals surface area contributed by atoms with Gasteiger partial charge in [-0.05, 0) is 59.9 Å². The van der Waals surface area contributed by atoms with Crippen molar-refractivity contribution in [2.24, 2.45) is 5.92 Å². The molecule has 1 aliphatic rings. The van der Waals surface area contributed by atoms with E-state index in [4.69, 9.17) is 0 Å². The topological polar surface area (TPSA) is 28.2 Å². The molecule has 1 aromatic heterocycles. The van der Waals surface area contributed by atoms with Crippen LogP contribution in [0.4, 0.5) is 5.82 Å². The minimum absolute atomic E-state index is 0.661. The summed E-state index contributed by atoms with van der Waals surface area (Å²) in [5, 5.41) is 3.40. The number of aromatic nitrogens is 1. The first kappa shape index (κ1) is 13.8. The molecule has 1 aliphatic heterocycles. The van der Waals surface area contributed by atoms with Crippen LogP contribution in [0.25, 0.3) is 0 Å². The fraction of sp³-hybridized carbons (Fsp3) is 0.643. The molecule has 1 saturated heterocycles. The summed E-state index contributed by atoms with van der Waals surface area (Å²) in [4.78, 5) is 6.91. The van der Waals surface area contributed by atoms with Gasteiger partial charge in [-0.1, -0.05) is 13.3 Å². The van der Waals surface area contributed by atoms with Gasteiger partial charge in [0.1, 0.15) is 5.82 Å². The molecule has 18 heavy (non-hydrogen) atoms. The van der Waals surface area contributed by atoms with Crippen molar-refractivity contribution >= 4 is 21.7 Å². The normalized spacial score (nSPS) is 18.6. The number of piperidine rings is 1. The van der Waals surface area contributed by atoms with Crippen LogP contribution in [0.5, 0.6) is 0 Å². The van der Waals surface area contributed by atoms with Gasteiger partial charge in [0.05, 0.1) is 0 Å². The molecule has 1 aromatic rings. The largest absolute Gasteiger partial charge is 0.370 e. The van der Waals surface area contributed by atoms with Gasteiger partial charge in [0.2, 0.25) is 0 Å². The summed E-state index contributed by atoms with van der Waals surface area (Å²) in [6.45, 7) is 7.05. The molecule has 1 unspecified atom stereocenters. The minimum Gasteiger partial charge on any atom is -0.370 e. The average Bonchev–Trinajstić information content (AvgIpc) is 2.39. The van der Waals surface area contributed by atoms with E-state index in [2.05, 4.69) is 38.1 Å². The zero-order valence-electron chi connectivity index (χ0n) is 11.0. The quantitative estimate of drug-likeness (QED) is 0.903. The van der Waals surface area contributed by atoms with Gasteiger partial charge >= 0.3 is 0 Å². The van der Waals surface area contributed by atoms with Gasteiger partial charge in [-0.2, -0.15) is 0 Å². The molecule has 0 saturated carbocycles. The highest BCUT2D eigenvalue weighted by Crippen LogP contribution is 2.13. The van der Waals surface area contributed by atoms with E-state index in [0.29, 0.717) is 5.92 Å². The monoisotopic (exact) mass is 311 g/mol. The van der Waals surface area contributed by atoms with E-state index >= 15 is 0 Å². The number of hydrogen-bond acceptors (Lipinski definition) is 3. The zero-order valence-corrected chi connectivity index (χ0v) is 12.6. The second-order valence-electron chi connectivity index (χ2n) is 5.21. The van der Waals surface area contributed by atoms with E-state index in [1.807, 2.05) is 18.3 Å². The lowest BCUT2D eigenvalue weighted by Gasteiger charge is -2.29. The number of nitrogens with one attached hydrogen (secondary N) is 1. The molecule has 0 bridgehead atoms. The van der Waals surface area contributed by atoms with Gasteiger partial charge in [0, 0.05) is 23.8 Å². The standard InChI is InChI=1S/C14H22BrN3/c1-12(11-18-7-3-2-4-8-18)9-16-14-6-5-13(15)10-17-14/h5-6,10,12H,2-4,7-9,11H2,1H3,(H,16,17). The lowest BCUT2D eigenvalue weighted by atomic mass is 10.1. The van der Waals surface area contributed by atoms with Gasteiger partial charge in [-0.3, -0.25) is 0 Å². The third-order valence-corrected chi connectivity index (χ3v) is 3.85. The lowest BCUT2D eigenvalue weighted by molar-refractivity contribution is 0.204. The Balaban J connectivity index is 1.70. The van der Waals surface area contributed by atoms with Crippen LogP contribution in [0.2, 0.25) is 0 Å². The molecular formula is C14H22BrN3. The second-order valence-corrected chi connectivity index (χ2v) is 6.12. The molecule has 2 heterocycles. The molecule has 0 aliphatic carbocycles. The maximum absolute atomic E-state index is 4.33. The molecule has 2 rings (SSSR count). The zero-order chi connectivity index (χ0) is 12.8. The molecule has 0 radical (unpaired) electrons. The van der Waals surface area contributed by atoms with Crippen molar-refractivity contribution in [1.82, 2.24) is 9.88 Å². The molecular weight excluding hydrogens is 290 g/mol. The average molecular weight is 312 g/mol. The number of rotatable bonds is 5. The number of hydrogen-bond donors (Lipinski definition) is 1. The summed E-state index contributed by atoms with van der Waals surface area (Å²) < 4.78 is 1.02. The number of pyridine rings is 1. The third kappa shape index (κ3) is 4.58. The molecule has 0 spiro atoms. The van der Waals surface area contributed by atoms with Crippen LogP contribution >= 0.6 is 15.9 Å². The van der Waals surface area contributed by atoms with Crippen LogP contribution in [-0.2, 0) is 0 Å². The first-order valence-electron chi connectivity index (χ1n) is 6.82. The van der Waals surface area contributed by atoms with Crippen molar-refractivity contribution in [2.75, 3.05) is 31.5 Å². The number of nitrogens with zero attached hydrogens (tertiary/aromatic N) is 2. The molecule has 100 valence electrons. The smallest absolute Gasteiger partial charge is 0.125 e. The summed E-state index contributed by atoms with van der Waals surface area (Å²) >= 11 is 3.39. The van der Waals surface area contributed by atoms with Crippen LogP contribution in [0.3, 0.4) is 0 Å². The van der Waals surface area contributed by atoms with Crippen molar-refractivity contribution in [2.45, 2.75) is 26.2 Å². The molecule has 1 atom stereocenters. The summed E-state index contributed by atoms with van der Waals surface area (Å²) in [5.41, 5.74) is 0. The Bertz CT molecular complexity index is 347. The highest BCUT2D eigenvalue weighted by atomic mass is 79.9. The first-order chi connectivity index (χ1) is 8.74. The van der Waals surface area contributed by atoms with Crippen LogP contribution in [0.15, 0.2) is 22.8 Å². The van der Waals surface area contributed by atoms with E-state index in [1.54, 1.807) is 0 Å². The first-order valence-corrected chi connectivity index (χ1v) is 7.61. The Morgan fingerprint density at radius 1 is 1.33 bits per heavy atom. The Kier molecular flexibility index (Phi) is 5.45. The Morgan fingerprint density at radius 2 is 2.11 bits per heavy atom. The van der Waals surface area contributed by atoms with Gasteiger partial charge in [0.25, 0.3) is 0 Å². The van der Waals surface area contributed by atoms with Crippen molar-refractivity contribution in [3.8, 4) is 0 Å². The van der Waals surface area contributed by atoms with E-state index in [9.17, 15) is 0 Å². The minimum atomic E-state index is 0.661. The predicted molar refractivity (Wildman–Crippen MR) is 79.9 cm³/mol. The maximum atomic E-state index is 4.33. The Morgan fingerprint density at radius 3 is 2.78 bits per heavy atom. The Labute approximate surface area is 118 Å². The molecule has 1 fully saturated rings. The SMILES string of the molecule is CC(CNc1ccc(Br)cn1)CN1CCCCC1. The van der Waals surface area contributed by atoms with Gasteiger partial charge < -0.3 is 10.2 Å². The fourth-order valence-electron chi connectivity index (χ4n) is 2.41. The van der Waals surface area contributed by atoms with Crippen LogP contribution in [-0.4, -0.2) is 36.1 Å². The van der Waals surface area contributed by atoms with E-state index in [-0.39, 0.29) is 0 Å². The van der Waals surface area contributed by atoms with Crippen LogP contribution in [0, 0.1) is 5.92 Å². The van der Waals surface area contributed by atoms with Gasteiger partial charge in [-0.25, -0.2) is 4.98 Å². The van der Waals surface area contributed by atoms with Crippen molar-refractivity contribution in [3.05, 3.63) is 22.8 Å². The third-order valence-electron chi connectivity index (χ3n) is 3.38. The lowest BCUT2D eigenvalue weighted by Crippen LogP contribution is -2.35. The highest BCUT2D eigenvalue weighted by molar-refractivity contribution is 9.10. The summed E-state index contributed by atoms with van der Waals surface area (Å²) in [7, 11) is 0. The van der Waals surface area contributed by atoms with E-state index in [0.717, 1.165) is 16.8 Å². The predicted octanol–water partition coefficient (Wildman–Crippen LogP) is 3.38. The molecule has 0 amide bonds. The molecule has 3 nitrogen and oxygen atoms in total.